The highest BCUT2D eigenvalue weighted by Gasteiger charge is 2.49. The van der Waals surface area contributed by atoms with Crippen LogP contribution in [0.3, 0.4) is 0 Å². The molecule has 5 heterocycles. The van der Waals surface area contributed by atoms with Gasteiger partial charge in [0.1, 0.15) is 5.60 Å². The van der Waals surface area contributed by atoms with Gasteiger partial charge in [0.05, 0.1) is 30.5 Å². The molecule has 1 spiro atoms. The van der Waals surface area contributed by atoms with Crippen molar-refractivity contribution in [3.05, 3.63) is 40.2 Å². The van der Waals surface area contributed by atoms with Gasteiger partial charge in [0.15, 0.2) is 0 Å². The van der Waals surface area contributed by atoms with Gasteiger partial charge in [-0.05, 0) is 43.4 Å². The van der Waals surface area contributed by atoms with Crippen LogP contribution in [0.25, 0.3) is 0 Å². The number of carbonyl (C=O) groups is 1. The van der Waals surface area contributed by atoms with Gasteiger partial charge in [-0.1, -0.05) is 0 Å². The second-order valence-corrected chi connectivity index (χ2v) is 9.98. The summed E-state index contributed by atoms with van der Waals surface area (Å²) < 4.78 is 57.1. The smallest absolute Gasteiger partial charge is 0.379 e. The number of alkyl halides is 3. The molecule has 0 saturated carbocycles. The summed E-state index contributed by atoms with van der Waals surface area (Å²) in [6.07, 6.45) is -0.805. The van der Waals surface area contributed by atoms with E-state index in [-0.39, 0.29) is 24.6 Å². The Bertz CT molecular complexity index is 1000. The van der Waals surface area contributed by atoms with Crippen LogP contribution < -0.4 is 0 Å². The zero-order valence-electron chi connectivity index (χ0n) is 20.2. The molecule has 1 amide bonds. The fraction of sp³-hybridized carbons (Fsp3) is 0.680. The van der Waals surface area contributed by atoms with Gasteiger partial charge in [0.25, 0.3) is 5.91 Å². The lowest BCUT2D eigenvalue weighted by molar-refractivity contribution is -0.137. The van der Waals surface area contributed by atoms with Crippen LogP contribution in [-0.2, 0) is 38.1 Å². The third-order valence-corrected chi connectivity index (χ3v) is 7.96. The summed E-state index contributed by atoms with van der Waals surface area (Å²) in [5.74, 6) is -0.127. The molecule has 5 rings (SSSR count). The van der Waals surface area contributed by atoms with Gasteiger partial charge in [0, 0.05) is 64.2 Å². The summed E-state index contributed by atoms with van der Waals surface area (Å²) in [6.45, 7) is 5.77. The number of rotatable bonds is 3. The lowest BCUT2D eigenvalue weighted by atomic mass is 9.81. The molecule has 7 nitrogen and oxygen atoms in total. The van der Waals surface area contributed by atoms with Crippen molar-refractivity contribution in [1.82, 2.24) is 14.8 Å². The zero-order chi connectivity index (χ0) is 24.8. The molecule has 0 radical (unpaired) electrons. The first-order chi connectivity index (χ1) is 16.7. The summed E-state index contributed by atoms with van der Waals surface area (Å²) >= 11 is 0. The van der Waals surface area contributed by atoms with E-state index in [0.717, 1.165) is 37.3 Å². The normalized spacial score (nSPS) is 27.4. The standard InChI is InChI=1S/C25H32F3N3O4/c1-16-14-35-24(5-8-30(9-6-24)20-4-10-34-15-21(20)33-2)22(16)23(32)31-7-3-19-17(13-31)11-18(12-29-19)25(26,27)28/h11-12,20-21H,3-10,13-15H2,1-2H3. The molecular formula is C25H32F3N3O4. The van der Waals surface area contributed by atoms with Gasteiger partial charge in [-0.2, -0.15) is 13.2 Å². The Hall–Kier alpha value is -2.01. The molecule has 1 aromatic rings. The number of nitrogens with zero attached hydrogens (tertiary/aromatic N) is 3. The second kappa shape index (κ2) is 9.46. The van der Waals surface area contributed by atoms with Crippen LogP contribution in [0, 0.1) is 0 Å². The van der Waals surface area contributed by atoms with Crippen LogP contribution in [0.15, 0.2) is 23.4 Å². The predicted molar refractivity (Wildman–Crippen MR) is 121 cm³/mol. The molecule has 35 heavy (non-hydrogen) atoms. The third-order valence-electron chi connectivity index (χ3n) is 7.96. The maximum atomic E-state index is 13.8. The molecule has 10 heteroatoms. The Morgan fingerprint density at radius 3 is 2.74 bits per heavy atom. The second-order valence-electron chi connectivity index (χ2n) is 9.98. The lowest BCUT2D eigenvalue weighted by Crippen LogP contribution is -2.56. The lowest BCUT2D eigenvalue weighted by Gasteiger charge is -2.46. The quantitative estimate of drug-likeness (QED) is 0.643. The fourth-order valence-corrected chi connectivity index (χ4v) is 6.02. The zero-order valence-corrected chi connectivity index (χ0v) is 20.2. The maximum Gasteiger partial charge on any atom is 0.417 e. The van der Waals surface area contributed by atoms with Crippen molar-refractivity contribution in [3.63, 3.8) is 0 Å². The Morgan fingerprint density at radius 2 is 2.03 bits per heavy atom. The van der Waals surface area contributed by atoms with Crippen molar-refractivity contribution in [2.75, 3.05) is 46.6 Å². The average molecular weight is 496 g/mol. The number of aromatic nitrogens is 1. The van der Waals surface area contributed by atoms with Crippen molar-refractivity contribution in [1.29, 1.82) is 0 Å². The number of hydrogen-bond acceptors (Lipinski definition) is 6. The van der Waals surface area contributed by atoms with E-state index in [2.05, 4.69) is 9.88 Å². The molecule has 2 saturated heterocycles. The number of ether oxygens (including phenoxy) is 3. The van der Waals surface area contributed by atoms with Crippen molar-refractivity contribution < 1.29 is 32.2 Å². The number of likely N-dealkylation sites (tertiary alicyclic amines) is 1. The van der Waals surface area contributed by atoms with E-state index in [1.54, 1.807) is 12.0 Å². The molecule has 0 N–H and O–H groups in total. The molecule has 4 aliphatic rings. The first-order valence-electron chi connectivity index (χ1n) is 12.2. The molecule has 2 unspecified atom stereocenters. The van der Waals surface area contributed by atoms with E-state index in [1.165, 1.54) is 0 Å². The fourth-order valence-electron chi connectivity index (χ4n) is 6.02. The van der Waals surface area contributed by atoms with Crippen molar-refractivity contribution in [3.8, 4) is 0 Å². The number of methoxy groups -OCH3 is 1. The number of halogens is 3. The number of carbonyl (C=O) groups excluding carboxylic acids is 1. The van der Waals surface area contributed by atoms with Gasteiger partial charge in [-0.3, -0.25) is 14.7 Å². The summed E-state index contributed by atoms with van der Waals surface area (Å²) in [6, 6.07) is 1.41. The van der Waals surface area contributed by atoms with E-state index in [4.69, 9.17) is 14.2 Å². The molecule has 0 bridgehead atoms. The van der Waals surface area contributed by atoms with Gasteiger partial charge in [-0.25, -0.2) is 0 Å². The third kappa shape index (κ3) is 4.61. The van der Waals surface area contributed by atoms with E-state index in [0.29, 0.717) is 62.5 Å². The first-order valence-corrected chi connectivity index (χ1v) is 12.2. The minimum absolute atomic E-state index is 0.0318. The van der Waals surface area contributed by atoms with E-state index in [1.807, 2.05) is 6.92 Å². The highest BCUT2D eigenvalue weighted by atomic mass is 19.4. The Kier molecular flexibility index (Phi) is 6.67. The molecule has 4 aliphatic heterocycles. The molecule has 192 valence electrons. The Labute approximate surface area is 203 Å². The van der Waals surface area contributed by atoms with Gasteiger partial charge in [0.2, 0.25) is 0 Å². The van der Waals surface area contributed by atoms with Crippen LogP contribution in [0.1, 0.15) is 43.0 Å². The number of piperidine rings is 1. The highest BCUT2D eigenvalue weighted by Crippen LogP contribution is 2.42. The largest absolute Gasteiger partial charge is 0.417 e. The van der Waals surface area contributed by atoms with Crippen LogP contribution in [0.2, 0.25) is 0 Å². The summed E-state index contributed by atoms with van der Waals surface area (Å²) in [5.41, 5.74) is 1.27. The van der Waals surface area contributed by atoms with Crippen LogP contribution >= 0.6 is 0 Å². The van der Waals surface area contributed by atoms with Crippen molar-refractivity contribution in [2.24, 2.45) is 0 Å². The van der Waals surface area contributed by atoms with E-state index >= 15 is 0 Å². The Morgan fingerprint density at radius 1 is 1.26 bits per heavy atom. The number of hydrogen-bond donors (Lipinski definition) is 0. The number of pyridine rings is 1. The molecule has 0 aliphatic carbocycles. The SMILES string of the molecule is COC1COCCC1N1CCC2(CC1)OCC(C)=C2C(=O)N1CCc2ncc(C(F)(F)F)cc2C1. The molecular weight excluding hydrogens is 463 g/mol. The van der Waals surface area contributed by atoms with E-state index in [9.17, 15) is 18.0 Å². The molecule has 0 aromatic carbocycles. The first kappa shape index (κ1) is 24.7. The monoisotopic (exact) mass is 495 g/mol. The highest BCUT2D eigenvalue weighted by molar-refractivity contribution is 5.97. The van der Waals surface area contributed by atoms with E-state index < -0.39 is 17.3 Å². The van der Waals surface area contributed by atoms with Crippen LogP contribution in [0.5, 0.6) is 0 Å². The van der Waals surface area contributed by atoms with Crippen molar-refractivity contribution >= 4 is 5.91 Å². The minimum Gasteiger partial charge on any atom is -0.379 e. The van der Waals surface area contributed by atoms with Gasteiger partial charge < -0.3 is 19.1 Å². The van der Waals surface area contributed by atoms with Crippen LogP contribution in [0.4, 0.5) is 13.2 Å². The van der Waals surface area contributed by atoms with Gasteiger partial charge >= 0.3 is 6.18 Å². The maximum absolute atomic E-state index is 13.8. The Balaban J connectivity index is 1.31. The van der Waals surface area contributed by atoms with Crippen LogP contribution in [-0.4, -0.2) is 85.0 Å². The number of fused-ring (bicyclic) bond motifs is 1. The summed E-state index contributed by atoms with van der Waals surface area (Å²) in [5, 5.41) is 0. The number of amides is 1. The molecule has 2 fully saturated rings. The van der Waals surface area contributed by atoms with Gasteiger partial charge in [-0.15, -0.1) is 0 Å². The topological polar surface area (TPSA) is 64.1 Å². The van der Waals surface area contributed by atoms with Crippen molar-refractivity contribution in [2.45, 2.75) is 63.1 Å². The molecule has 1 aromatic heterocycles. The summed E-state index contributed by atoms with van der Waals surface area (Å²) in [4.78, 5) is 21.9. The predicted octanol–water partition coefficient (Wildman–Crippen LogP) is 2.97. The average Bonchev–Trinajstić information content (AvgIpc) is 3.17. The molecule has 2 atom stereocenters. The minimum atomic E-state index is -4.46. The summed E-state index contributed by atoms with van der Waals surface area (Å²) in [7, 11) is 1.71.